The second-order valence-electron chi connectivity index (χ2n) is 13.8. The molecule has 4 aliphatic carbocycles. The first-order valence-corrected chi connectivity index (χ1v) is 15.1. The van der Waals surface area contributed by atoms with Crippen molar-refractivity contribution in [2.45, 2.75) is 118 Å². The van der Waals surface area contributed by atoms with Crippen LogP contribution in [0.1, 0.15) is 112 Å². The number of hydrogen-bond donors (Lipinski definition) is 1. The van der Waals surface area contributed by atoms with Gasteiger partial charge in [0, 0.05) is 7.05 Å². The maximum Gasteiger partial charge on any atom is 0.406 e. The second-order valence-corrected chi connectivity index (χ2v) is 13.8. The molecule has 0 spiro atoms. The fraction of sp³-hybridized carbons (Fsp3) is 0.968. The van der Waals surface area contributed by atoms with Crippen molar-refractivity contribution in [3.63, 3.8) is 0 Å². The lowest BCUT2D eigenvalue weighted by atomic mass is 9.44. The summed E-state index contributed by atoms with van der Waals surface area (Å²) in [5.41, 5.74) is 1.09. The van der Waals surface area contributed by atoms with Crippen LogP contribution in [0, 0.1) is 52.3 Å². The Balaban J connectivity index is 1.33. The van der Waals surface area contributed by atoms with E-state index >= 15 is 0 Å². The predicted octanol–water partition coefficient (Wildman–Crippen LogP) is 7.85. The molecule has 9 unspecified atom stereocenters. The van der Waals surface area contributed by atoms with Gasteiger partial charge in [-0.2, -0.15) is 0 Å². The SMILES string of the molecule is CNC(=O)OCCOC1CCC2(C)C(CCC3C2CCC2(C)C(C(C)CCCC(C)C)CCC32)C1. The molecule has 4 aliphatic rings. The van der Waals surface area contributed by atoms with E-state index in [2.05, 4.69) is 39.9 Å². The molecule has 1 amide bonds. The molecule has 0 aliphatic heterocycles. The number of rotatable bonds is 9. The van der Waals surface area contributed by atoms with E-state index in [1.807, 2.05) is 0 Å². The molecule has 202 valence electrons. The van der Waals surface area contributed by atoms with Gasteiger partial charge in [0.15, 0.2) is 0 Å². The molecule has 0 aromatic heterocycles. The van der Waals surface area contributed by atoms with Crippen LogP contribution < -0.4 is 5.32 Å². The molecule has 4 rings (SSSR count). The van der Waals surface area contributed by atoms with Crippen LogP contribution in [-0.4, -0.2) is 32.5 Å². The van der Waals surface area contributed by atoms with Gasteiger partial charge in [-0.05, 0) is 110 Å². The van der Waals surface area contributed by atoms with Gasteiger partial charge in [-0.1, -0.05) is 53.9 Å². The van der Waals surface area contributed by atoms with Gasteiger partial charge in [0.1, 0.15) is 6.61 Å². The van der Waals surface area contributed by atoms with Crippen LogP contribution >= 0.6 is 0 Å². The van der Waals surface area contributed by atoms with Crippen molar-refractivity contribution in [3.05, 3.63) is 0 Å². The van der Waals surface area contributed by atoms with Gasteiger partial charge in [0.25, 0.3) is 0 Å². The van der Waals surface area contributed by atoms with Gasteiger partial charge in [-0.25, -0.2) is 4.79 Å². The largest absolute Gasteiger partial charge is 0.447 e. The fourth-order valence-electron chi connectivity index (χ4n) is 9.82. The molecule has 35 heavy (non-hydrogen) atoms. The monoisotopic (exact) mass is 489 g/mol. The average molecular weight is 490 g/mol. The van der Waals surface area contributed by atoms with Crippen LogP contribution in [0.25, 0.3) is 0 Å². The highest BCUT2D eigenvalue weighted by molar-refractivity contribution is 5.66. The summed E-state index contributed by atoms with van der Waals surface area (Å²) in [5.74, 6) is 6.34. The number of hydrogen-bond acceptors (Lipinski definition) is 3. The van der Waals surface area contributed by atoms with Crippen LogP contribution in [0.4, 0.5) is 4.79 Å². The minimum Gasteiger partial charge on any atom is -0.447 e. The maximum atomic E-state index is 11.3. The lowest BCUT2D eigenvalue weighted by Gasteiger charge is -2.61. The summed E-state index contributed by atoms with van der Waals surface area (Å²) in [7, 11) is 1.59. The number of fused-ring (bicyclic) bond motifs is 5. The van der Waals surface area contributed by atoms with Gasteiger partial charge >= 0.3 is 6.09 Å². The van der Waals surface area contributed by atoms with Crippen LogP contribution in [0.3, 0.4) is 0 Å². The molecule has 0 heterocycles. The Kier molecular flexibility index (Phi) is 8.82. The molecule has 4 fully saturated rings. The molecule has 4 saturated carbocycles. The van der Waals surface area contributed by atoms with E-state index in [-0.39, 0.29) is 6.09 Å². The van der Waals surface area contributed by atoms with E-state index in [9.17, 15) is 4.79 Å². The third kappa shape index (κ3) is 5.58. The third-order valence-electron chi connectivity index (χ3n) is 11.7. The topological polar surface area (TPSA) is 47.6 Å². The molecule has 0 aromatic rings. The minimum atomic E-state index is -0.369. The predicted molar refractivity (Wildman–Crippen MR) is 143 cm³/mol. The molecule has 1 N–H and O–H groups in total. The van der Waals surface area contributed by atoms with Crippen LogP contribution in [0.2, 0.25) is 0 Å². The lowest BCUT2D eigenvalue weighted by molar-refractivity contribution is -0.138. The van der Waals surface area contributed by atoms with Gasteiger partial charge in [0.2, 0.25) is 0 Å². The summed E-state index contributed by atoms with van der Waals surface area (Å²) in [6.07, 6.45) is 16.7. The van der Waals surface area contributed by atoms with Crippen molar-refractivity contribution in [2.75, 3.05) is 20.3 Å². The first-order chi connectivity index (χ1) is 16.7. The number of carbonyl (C=O) groups is 1. The van der Waals surface area contributed by atoms with E-state index in [1.54, 1.807) is 7.05 Å². The Labute approximate surface area is 216 Å². The summed E-state index contributed by atoms with van der Waals surface area (Å²) in [5, 5.41) is 2.50. The number of nitrogens with one attached hydrogen (secondary N) is 1. The Morgan fingerprint density at radius 3 is 2.40 bits per heavy atom. The smallest absolute Gasteiger partial charge is 0.406 e. The first kappa shape index (κ1) is 27.3. The summed E-state index contributed by atoms with van der Waals surface area (Å²) in [6, 6.07) is 0. The summed E-state index contributed by atoms with van der Waals surface area (Å²) >= 11 is 0. The lowest BCUT2D eigenvalue weighted by Crippen LogP contribution is -2.54. The molecule has 0 bridgehead atoms. The molecule has 4 heteroatoms. The Hall–Kier alpha value is -0.770. The first-order valence-electron chi connectivity index (χ1n) is 15.1. The molecular weight excluding hydrogens is 434 g/mol. The average Bonchev–Trinajstić information content (AvgIpc) is 3.18. The van der Waals surface area contributed by atoms with Gasteiger partial charge < -0.3 is 14.8 Å². The van der Waals surface area contributed by atoms with Crippen molar-refractivity contribution in [3.8, 4) is 0 Å². The zero-order valence-corrected chi connectivity index (χ0v) is 23.7. The van der Waals surface area contributed by atoms with Crippen molar-refractivity contribution in [1.29, 1.82) is 0 Å². The molecule has 0 aromatic carbocycles. The highest BCUT2D eigenvalue weighted by Gasteiger charge is 2.60. The van der Waals surface area contributed by atoms with Crippen LogP contribution in [0.15, 0.2) is 0 Å². The van der Waals surface area contributed by atoms with Crippen molar-refractivity contribution < 1.29 is 14.3 Å². The quantitative estimate of drug-likeness (QED) is 0.335. The zero-order chi connectivity index (χ0) is 25.2. The van der Waals surface area contributed by atoms with Gasteiger partial charge in [-0.3, -0.25) is 0 Å². The molecule has 0 radical (unpaired) electrons. The Bertz CT molecular complexity index is 709. The van der Waals surface area contributed by atoms with Crippen molar-refractivity contribution in [1.82, 2.24) is 5.32 Å². The number of amides is 1. The van der Waals surface area contributed by atoms with E-state index in [1.165, 1.54) is 77.0 Å². The highest BCUT2D eigenvalue weighted by atomic mass is 16.6. The molecule has 4 nitrogen and oxygen atoms in total. The fourth-order valence-corrected chi connectivity index (χ4v) is 9.82. The molecule has 9 atom stereocenters. The Morgan fingerprint density at radius 1 is 0.914 bits per heavy atom. The van der Waals surface area contributed by atoms with Crippen molar-refractivity contribution >= 4 is 6.09 Å². The van der Waals surface area contributed by atoms with E-state index in [0.717, 1.165) is 41.4 Å². The van der Waals surface area contributed by atoms with Crippen molar-refractivity contribution in [2.24, 2.45) is 52.3 Å². The summed E-state index contributed by atoms with van der Waals surface area (Å²) in [4.78, 5) is 11.3. The van der Waals surface area contributed by atoms with Gasteiger partial charge in [0.05, 0.1) is 12.7 Å². The van der Waals surface area contributed by atoms with Gasteiger partial charge in [-0.15, -0.1) is 0 Å². The standard InChI is InChI=1S/C31H55NO3/c1-21(2)8-7-9-22(3)26-12-13-27-25-11-10-23-20-24(34-18-19-35-29(33)32-6)14-16-30(23,4)28(25)15-17-31(26,27)5/h21-28H,7-20H2,1-6H3,(H,32,33). The number of carbonyl (C=O) groups excluding carboxylic acids is 1. The van der Waals surface area contributed by atoms with E-state index < -0.39 is 0 Å². The maximum absolute atomic E-state index is 11.3. The van der Waals surface area contributed by atoms with Crippen LogP contribution in [-0.2, 0) is 9.47 Å². The third-order valence-corrected chi connectivity index (χ3v) is 11.7. The summed E-state index contributed by atoms with van der Waals surface area (Å²) in [6.45, 7) is 13.6. The second kappa shape index (κ2) is 11.3. The zero-order valence-electron chi connectivity index (χ0n) is 23.7. The van der Waals surface area contributed by atoms with E-state index in [4.69, 9.17) is 9.47 Å². The minimum absolute atomic E-state index is 0.342. The molecule has 0 saturated heterocycles. The van der Waals surface area contributed by atoms with Crippen LogP contribution in [0.5, 0.6) is 0 Å². The number of alkyl carbamates (subject to hydrolysis) is 1. The molecular formula is C31H55NO3. The summed E-state index contributed by atoms with van der Waals surface area (Å²) < 4.78 is 11.3. The highest BCUT2D eigenvalue weighted by Crippen LogP contribution is 2.68. The Morgan fingerprint density at radius 2 is 1.66 bits per heavy atom. The number of ether oxygens (including phenoxy) is 2. The normalized spacial score (nSPS) is 41.6. The van der Waals surface area contributed by atoms with E-state index in [0.29, 0.717) is 30.1 Å².